The monoisotopic (exact) mass is 573 g/mol. The maximum absolute atomic E-state index is 14.3. The molecule has 4 atom stereocenters. The summed E-state index contributed by atoms with van der Waals surface area (Å²) in [6, 6.07) is -0.863. The SMILES string of the molecule is CCCCCC=CCC=CCCCCCCCCOC(=S)NC1C=CN([C@@H]2O[C@H](CO)[C@@H](O)C2(F)F)C(=O)N1. The van der Waals surface area contributed by atoms with Crippen LogP contribution in [0.3, 0.4) is 0 Å². The molecule has 4 N–H and O–H groups in total. The highest BCUT2D eigenvalue weighted by Crippen LogP contribution is 2.38. The Kier molecular flexibility index (Phi) is 15.5. The number of thiocarbonyl (C=S) groups is 1. The van der Waals surface area contributed by atoms with E-state index in [1.54, 1.807) is 0 Å². The Labute approximate surface area is 236 Å². The zero-order valence-corrected chi connectivity index (χ0v) is 23.7. The number of alkyl halides is 2. The molecule has 222 valence electrons. The molecule has 2 amide bonds. The molecule has 0 radical (unpaired) electrons. The Morgan fingerprint density at radius 3 is 2.38 bits per heavy atom. The molecule has 1 fully saturated rings. The lowest BCUT2D eigenvalue weighted by Crippen LogP contribution is -2.58. The minimum absolute atomic E-state index is 0.0965. The summed E-state index contributed by atoms with van der Waals surface area (Å²) in [5, 5.41) is 24.1. The van der Waals surface area contributed by atoms with E-state index in [1.807, 2.05) is 0 Å². The number of aliphatic hydroxyl groups excluding tert-OH is 2. The summed E-state index contributed by atoms with van der Waals surface area (Å²) in [5.41, 5.74) is 0. The van der Waals surface area contributed by atoms with E-state index in [4.69, 9.17) is 26.8 Å². The first kappa shape index (κ1) is 33.1. The summed E-state index contributed by atoms with van der Waals surface area (Å²) in [7, 11) is 0. The lowest BCUT2D eigenvalue weighted by Gasteiger charge is -2.33. The van der Waals surface area contributed by atoms with Crippen molar-refractivity contribution in [3.8, 4) is 0 Å². The average molecular weight is 574 g/mol. The molecular weight excluding hydrogens is 528 g/mol. The van der Waals surface area contributed by atoms with Gasteiger partial charge in [0, 0.05) is 6.20 Å². The number of hydrogen-bond acceptors (Lipinski definition) is 6. The van der Waals surface area contributed by atoms with E-state index in [0.29, 0.717) is 11.5 Å². The van der Waals surface area contributed by atoms with Crippen LogP contribution in [0, 0.1) is 0 Å². The van der Waals surface area contributed by atoms with E-state index in [-0.39, 0.29) is 5.17 Å². The molecule has 0 aromatic rings. The zero-order valence-electron chi connectivity index (χ0n) is 22.9. The van der Waals surface area contributed by atoms with Gasteiger partial charge >= 0.3 is 12.0 Å². The summed E-state index contributed by atoms with van der Waals surface area (Å²) in [6.07, 6.45) is 18.9. The van der Waals surface area contributed by atoms with Gasteiger partial charge in [0.15, 0.2) is 6.10 Å². The molecule has 0 aromatic heterocycles. The van der Waals surface area contributed by atoms with Crippen LogP contribution in [0.15, 0.2) is 36.6 Å². The fourth-order valence-corrected chi connectivity index (χ4v) is 4.52. The van der Waals surface area contributed by atoms with Crippen molar-refractivity contribution in [2.45, 2.75) is 114 Å². The number of urea groups is 1. The van der Waals surface area contributed by atoms with Crippen molar-refractivity contribution in [3.05, 3.63) is 36.6 Å². The molecule has 0 aliphatic carbocycles. The van der Waals surface area contributed by atoms with Crippen molar-refractivity contribution in [1.29, 1.82) is 0 Å². The van der Waals surface area contributed by atoms with Gasteiger partial charge in [-0.05, 0) is 56.8 Å². The molecule has 0 bridgehead atoms. The van der Waals surface area contributed by atoms with Gasteiger partial charge in [-0.25, -0.2) is 4.79 Å². The minimum atomic E-state index is -3.74. The second kappa shape index (κ2) is 18.3. The van der Waals surface area contributed by atoms with Gasteiger partial charge in [-0.3, -0.25) is 4.90 Å². The number of nitrogens with one attached hydrogen (secondary N) is 2. The van der Waals surface area contributed by atoms with Crippen molar-refractivity contribution < 1.29 is 33.3 Å². The Morgan fingerprint density at radius 2 is 1.77 bits per heavy atom. The molecule has 0 saturated carbocycles. The van der Waals surface area contributed by atoms with Crippen LogP contribution in [0.1, 0.15) is 84.0 Å². The quantitative estimate of drug-likeness (QED) is 0.101. The van der Waals surface area contributed by atoms with Gasteiger partial charge < -0.3 is 30.3 Å². The van der Waals surface area contributed by atoms with E-state index in [2.05, 4.69) is 41.9 Å². The minimum Gasteiger partial charge on any atom is -0.471 e. The molecule has 11 heteroatoms. The highest BCUT2D eigenvalue weighted by Gasteiger charge is 2.61. The molecule has 1 unspecified atom stereocenters. The first-order valence-corrected chi connectivity index (χ1v) is 14.5. The van der Waals surface area contributed by atoms with Gasteiger partial charge in [0.1, 0.15) is 12.3 Å². The van der Waals surface area contributed by atoms with Crippen molar-refractivity contribution in [3.63, 3.8) is 0 Å². The van der Waals surface area contributed by atoms with Gasteiger partial charge in [0.2, 0.25) is 6.23 Å². The number of carbonyl (C=O) groups is 1. The number of halogens is 2. The van der Waals surface area contributed by atoms with E-state index < -0.39 is 43.2 Å². The molecule has 2 aliphatic rings. The first-order chi connectivity index (χ1) is 18.8. The third kappa shape index (κ3) is 11.5. The molecule has 2 rings (SSSR count). The molecule has 2 heterocycles. The number of aliphatic hydroxyl groups is 2. The third-order valence-electron chi connectivity index (χ3n) is 6.62. The summed E-state index contributed by atoms with van der Waals surface area (Å²) in [5.74, 6) is -3.74. The van der Waals surface area contributed by atoms with Crippen LogP contribution in [0.5, 0.6) is 0 Å². The Bertz CT molecular complexity index is 827. The van der Waals surface area contributed by atoms with Crippen LogP contribution in [0.2, 0.25) is 0 Å². The zero-order chi connectivity index (χ0) is 28.5. The highest BCUT2D eigenvalue weighted by atomic mass is 32.1. The summed E-state index contributed by atoms with van der Waals surface area (Å²) >= 11 is 5.16. The van der Waals surface area contributed by atoms with E-state index >= 15 is 0 Å². The fourth-order valence-electron chi connectivity index (χ4n) is 4.31. The maximum atomic E-state index is 14.3. The lowest BCUT2D eigenvalue weighted by molar-refractivity contribution is -0.145. The molecular formula is C28H45F2N3O5S. The number of rotatable bonds is 18. The van der Waals surface area contributed by atoms with Crippen LogP contribution < -0.4 is 10.6 Å². The smallest absolute Gasteiger partial charge is 0.325 e. The van der Waals surface area contributed by atoms with Crippen molar-refractivity contribution in [2.24, 2.45) is 0 Å². The second-order valence-corrected chi connectivity index (χ2v) is 10.2. The van der Waals surface area contributed by atoms with Crippen LogP contribution in [0.4, 0.5) is 13.6 Å². The van der Waals surface area contributed by atoms with Crippen molar-refractivity contribution >= 4 is 23.4 Å². The number of hydrogen-bond donors (Lipinski definition) is 4. The second-order valence-electron chi connectivity index (χ2n) is 9.87. The topological polar surface area (TPSA) is 103 Å². The van der Waals surface area contributed by atoms with E-state index in [9.17, 15) is 18.7 Å². The number of carbonyl (C=O) groups excluding carboxylic acids is 1. The van der Waals surface area contributed by atoms with Crippen LogP contribution in [-0.4, -0.2) is 70.1 Å². The number of ether oxygens (including phenoxy) is 2. The molecule has 39 heavy (non-hydrogen) atoms. The average Bonchev–Trinajstić information content (AvgIpc) is 3.14. The van der Waals surface area contributed by atoms with Crippen LogP contribution in [-0.2, 0) is 9.47 Å². The molecule has 0 aromatic carbocycles. The fraction of sp³-hybridized carbons (Fsp3) is 0.714. The Morgan fingerprint density at radius 1 is 1.13 bits per heavy atom. The Balaban J connectivity index is 1.50. The number of unbranched alkanes of at least 4 members (excludes halogenated alkanes) is 9. The van der Waals surface area contributed by atoms with Gasteiger partial charge in [-0.2, -0.15) is 8.78 Å². The normalized spacial score (nSPS) is 24.5. The lowest BCUT2D eigenvalue weighted by atomic mass is 10.1. The standard InChI is InChI=1S/C28H45F2N3O5S/c1-2-3-4-5-6-7-8-9-10-11-12-13-14-15-16-17-20-37-27(39)32-23-18-19-33(26(36)31-23)25-28(29,30)24(35)22(21-34)38-25/h6-7,9-10,18-19,22-25,34-35H,2-5,8,11-17,20-21H2,1H3,(H,31,36)(H,32,39)/t22-,23?,24-,25-/m1/s1. The van der Waals surface area contributed by atoms with Crippen LogP contribution >= 0.6 is 12.2 Å². The van der Waals surface area contributed by atoms with Crippen molar-refractivity contribution in [2.75, 3.05) is 13.2 Å². The maximum Gasteiger partial charge on any atom is 0.325 e. The summed E-state index contributed by atoms with van der Waals surface area (Å²) in [4.78, 5) is 13.0. The van der Waals surface area contributed by atoms with Gasteiger partial charge in [0.05, 0.1) is 13.2 Å². The third-order valence-corrected chi connectivity index (χ3v) is 6.85. The molecule has 1 saturated heterocycles. The summed E-state index contributed by atoms with van der Waals surface area (Å²) in [6.45, 7) is 1.87. The summed E-state index contributed by atoms with van der Waals surface area (Å²) < 4.78 is 39.1. The van der Waals surface area contributed by atoms with Gasteiger partial charge in [-0.1, -0.05) is 69.8 Å². The largest absolute Gasteiger partial charge is 0.471 e. The van der Waals surface area contributed by atoms with E-state index in [1.165, 1.54) is 51.0 Å². The van der Waals surface area contributed by atoms with Gasteiger partial charge in [0.25, 0.3) is 5.17 Å². The highest BCUT2D eigenvalue weighted by molar-refractivity contribution is 7.80. The van der Waals surface area contributed by atoms with Gasteiger partial charge in [-0.15, -0.1) is 0 Å². The van der Waals surface area contributed by atoms with E-state index in [0.717, 1.165) is 38.3 Å². The predicted octanol–water partition coefficient (Wildman–Crippen LogP) is 5.27. The number of nitrogens with zero attached hydrogens (tertiary/aromatic N) is 1. The molecule has 8 nitrogen and oxygen atoms in total. The molecule has 0 spiro atoms. The number of amides is 2. The predicted molar refractivity (Wildman–Crippen MR) is 151 cm³/mol. The number of allylic oxidation sites excluding steroid dienone is 4. The Hall–Kier alpha value is -2.08. The molecule has 2 aliphatic heterocycles. The first-order valence-electron chi connectivity index (χ1n) is 14.1. The van der Waals surface area contributed by atoms with Crippen LogP contribution in [0.25, 0.3) is 0 Å². The van der Waals surface area contributed by atoms with Crippen molar-refractivity contribution in [1.82, 2.24) is 15.5 Å².